The fraction of sp³-hybridized carbons (Fsp3) is 0.889. The third-order valence-corrected chi connectivity index (χ3v) is 6.07. The summed E-state index contributed by atoms with van der Waals surface area (Å²) in [4.78, 5) is 11.7. The van der Waals surface area contributed by atoms with E-state index in [2.05, 4.69) is 19.6 Å². The SMILES string of the molecule is C[Si](C)(C)C12OC1CCCC2=O. The molecule has 1 saturated carbocycles. The van der Waals surface area contributed by atoms with Gasteiger partial charge in [0.25, 0.3) is 0 Å². The van der Waals surface area contributed by atoms with E-state index in [1.165, 1.54) is 0 Å². The highest BCUT2D eigenvalue weighted by molar-refractivity contribution is 6.83. The summed E-state index contributed by atoms with van der Waals surface area (Å²) in [6.45, 7) is 6.70. The molecule has 2 rings (SSSR count). The van der Waals surface area contributed by atoms with Crippen molar-refractivity contribution in [2.24, 2.45) is 0 Å². The predicted molar refractivity (Wildman–Crippen MR) is 49.8 cm³/mol. The molecule has 1 heterocycles. The maximum Gasteiger partial charge on any atom is 0.163 e. The van der Waals surface area contributed by atoms with Gasteiger partial charge in [0, 0.05) is 6.42 Å². The van der Waals surface area contributed by atoms with Crippen LogP contribution in [0.3, 0.4) is 0 Å². The smallest absolute Gasteiger partial charge is 0.163 e. The second-order valence-corrected chi connectivity index (χ2v) is 10.2. The molecular weight excluding hydrogens is 168 g/mol. The fourth-order valence-electron chi connectivity index (χ4n) is 2.41. The molecule has 12 heavy (non-hydrogen) atoms. The molecule has 0 aromatic carbocycles. The number of hydrogen-bond acceptors (Lipinski definition) is 2. The molecule has 2 unspecified atom stereocenters. The van der Waals surface area contributed by atoms with E-state index in [0.29, 0.717) is 11.9 Å². The minimum absolute atomic E-state index is 0.259. The van der Waals surface area contributed by atoms with E-state index in [4.69, 9.17) is 4.74 Å². The van der Waals surface area contributed by atoms with Crippen LogP contribution in [0, 0.1) is 0 Å². The normalized spacial score (nSPS) is 40.9. The van der Waals surface area contributed by atoms with Gasteiger partial charge in [-0.15, -0.1) is 0 Å². The summed E-state index contributed by atoms with van der Waals surface area (Å²) in [6.07, 6.45) is 3.19. The summed E-state index contributed by atoms with van der Waals surface area (Å²) < 4.78 is 5.65. The molecule has 1 aliphatic heterocycles. The predicted octanol–water partition coefficient (Wildman–Crippen LogP) is 1.75. The molecule has 2 aliphatic rings. The molecule has 0 amide bonds. The zero-order chi connectivity index (χ0) is 8.98. The Morgan fingerprint density at radius 2 is 2.17 bits per heavy atom. The first kappa shape index (κ1) is 8.45. The Morgan fingerprint density at radius 1 is 1.50 bits per heavy atom. The maximum atomic E-state index is 11.7. The molecule has 0 spiro atoms. The van der Waals surface area contributed by atoms with E-state index in [-0.39, 0.29) is 5.22 Å². The number of ketones is 1. The Hall–Kier alpha value is -0.153. The summed E-state index contributed by atoms with van der Waals surface area (Å²) in [6, 6.07) is 0. The first-order valence-corrected chi connectivity index (χ1v) is 8.19. The lowest BCUT2D eigenvalue weighted by Crippen LogP contribution is -2.51. The highest BCUT2D eigenvalue weighted by atomic mass is 28.3. The van der Waals surface area contributed by atoms with Gasteiger partial charge >= 0.3 is 0 Å². The van der Waals surface area contributed by atoms with E-state index >= 15 is 0 Å². The van der Waals surface area contributed by atoms with E-state index in [1.54, 1.807) is 0 Å². The molecule has 68 valence electrons. The number of rotatable bonds is 1. The lowest BCUT2D eigenvalue weighted by atomic mass is 9.99. The second kappa shape index (κ2) is 2.20. The van der Waals surface area contributed by atoms with Crippen LogP contribution < -0.4 is 0 Å². The van der Waals surface area contributed by atoms with Gasteiger partial charge in [-0.2, -0.15) is 0 Å². The van der Waals surface area contributed by atoms with Gasteiger partial charge < -0.3 is 4.74 Å². The van der Waals surface area contributed by atoms with E-state index in [1.807, 2.05) is 0 Å². The number of carbonyl (C=O) groups is 1. The van der Waals surface area contributed by atoms with Crippen LogP contribution >= 0.6 is 0 Å². The lowest BCUT2D eigenvalue weighted by Gasteiger charge is -2.27. The van der Waals surface area contributed by atoms with Gasteiger partial charge in [0.2, 0.25) is 0 Å². The van der Waals surface area contributed by atoms with Crippen molar-refractivity contribution in [1.29, 1.82) is 0 Å². The van der Waals surface area contributed by atoms with Crippen LogP contribution in [0.4, 0.5) is 0 Å². The quantitative estimate of drug-likeness (QED) is 0.459. The molecule has 0 radical (unpaired) electrons. The minimum Gasteiger partial charge on any atom is -0.362 e. The second-order valence-electron chi connectivity index (χ2n) is 4.91. The van der Waals surface area contributed by atoms with Crippen molar-refractivity contribution in [3.63, 3.8) is 0 Å². The average molecular weight is 184 g/mol. The molecule has 3 heteroatoms. The lowest BCUT2D eigenvalue weighted by molar-refractivity contribution is -0.122. The topological polar surface area (TPSA) is 29.6 Å². The number of ether oxygens (including phenoxy) is 1. The zero-order valence-electron chi connectivity index (χ0n) is 8.02. The van der Waals surface area contributed by atoms with Gasteiger partial charge in [-0.3, -0.25) is 4.79 Å². The Balaban J connectivity index is 2.28. The van der Waals surface area contributed by atoms with E-state index in [9.17, 15) is 4.79 Å². The van der Waals surface area contributed by atoms with Gasteiger partial charge in [-0.1, -0.05) is 19.6 Å². The van der Waals surface area contributed by atoms with Crippen LogP contribution in [0.1, 0.15) is 19.3 Å². The first-order valence-electron chi connectivity index (χ1n) is 4.69. The summed E-state index contributed by atoms with van der Waals surface area (Å²) in [5.41, 5.74) is 0. The monoisotopic (exact) mass is 184 g/mol. The van der Waals surface area contributed by atoms with Crippen molar-refractivity contribution in [3.05, 3.63) is 0 Å². The van der Waals surface area contributed by atoms with Crippen LogP contribution in [-0.4, -0.2) is 25.2 Å². The highest BCUT2D eigenvalue weighted by Gasteiger charge is 2.69. The summed E-state index contributed by atoms with van der Waals surface area (Å²) in [5.74, 6) is 0.387. The van der Waals surface area contributed by atoms with Crippen molar-refractivity contribution < 1.29 is 9.53 Å². The molecule has 2 fully saturated rings. The van der Waals surface area contributed by atoms with Gasteiger partial charge in [0.15, 0.2) is 5.78 Å². The molecule has 2 nitrogen and oxygen atoms in total. The first-order chi connectivity index (χ1) is 5.48. The van der Waals surface area contributed by atoms with Gasteiger partial charge in [-0.05, 0) is 12.8 Å². The van der Waals surface area contributed by atoms with Crippen molar-refractivity contribution in [2.45, 2.75) is 50.2 Å². The molecule has 1 aliphatic carbocycles. The number of carbonyl (C=O) groups excluding carboxylic acids is 1. The Kier molecular flexibility index (Phi) is 1.55. The van der Waals surface area contributed by atoms with Gasteiger partial charge in [0.05, 0.1) is 14.2 Å². The maximum absolute atomic E-state index is 11.7. The molecule has 0 bridgehead atoms. The number of epoxide rings is 1. The van der Waals surface area contributed by atoms with Gasteiger partial charge in [-0.25, -0.2) is 0 Å². The van der Waals surface area contributed by atoms with Crippen molar-refractivity contribution in [2.75, 3.05) is 0 Å². The van der Waals surface area contributed by atoms with Gasteiger partial charge in [0.1, 0.15) is 5.22 Å². The van der Waals surface area contributed by atoms with Crippen LogP contribution in [0.5, 0.6) is 0 Å². The third kappa shape index (κ3) is 0.865. The summed E-state index contributed by atoms with van der Waals surface area (Å²) in [7, 11) is -1.44. The minimum atomic E-state index is -1.44. The van der Waals surface area contributed by atoms with Crippen LogP contribution in [0.15, 0.2) is 0 Å². The molecule has 0 aromatic rings. The number of hydrogen-bond donors (Lipinski definition) is 0. The van der Waals surface area contributed by atoms with E-state index < -0.39 is 8.07 Å². The van der Waals surface area contributed by atoms with Crippen LogP contribution in [0.2, 0.25) is 19.6 Å². The largest absolute Gasteiger partial charge is 0.362 e. The summed E-state index contributed by atoms with van der Waals surface area (Å²) >= 11 is 0. The Labute approximate surface area is 74.3 Å². The van der Waals surface area contributed by atoms with Crippen LogP contribution in [-0.2, 0) is 9.53 Å². The standard InChI is InChI=1S/C9H16O2Si/c1-12(2,3)9-7(10)5-4-6-8(9)11-9/h8H,4-6H2,1-3H3. The number of fused-ring (bicyclic) bond motifs is 1. The Morgan fingerprint density at radius 3 is 2.58 bits per heavy atom. The molecular formula is C9H16O2Si. The van der Waals surface area contributed by atoms with Crippen LogP contribution in [0.25, 0.3) is 0 Å². The summed E-state index contributed by atoms with van der Waals surface area (Å²) in [5, 5.41) is -0.259. The molecule has 1 saturated heterocycles. The Bertz CT molecular complexity index is 231. The fourth-order valence-corrected chi connectivity index (χ4v) is 4.98. The van der Waals surface area contributed by atoms with Crippen molar-refractivity contribution >= 4 is 13.9 Å². The number of Topliss-reactive ketones (excluding diaryl/α,β-unsaturated/α-hetero) is 1. The van der Waals surface area contributed by atoms with E-state index in [0.717, 1.165) is 19.3 Å². The highest BCUT2D eigenvalue weighted by Crippen LogP contribution is 2.51. The molecule has 2 atom stereocenters. The molecule has 0 N–H and O–H groups in total. The zero-order valence-corrected chi connectivity index (χ0v) is 9.02. The average Bonchev–Trinajstić information content (AvgIpc) is 2.62. The third-order valence-electron chi connectivity index (χ3n) is 3.12. The van der Waals surface area contributed by atoms with Crippen molar-refractivity contribution in [3.8, 4) is 0 Å². The van der Waals surface area contributed by atoms with Crippen molar-refractivity contribution in [1.82, 2.24) is 0 Å². The molecule has 0 aromatic heterocycles.